The van der Waals surface area contributed by atoms with Gasteiger partial charge in [0.1, 0.15) is 4.88 Å². The largest absolute Gasteiger partial charge is 0.477 e. The summed E-state index contributed by atoms with van der Waals surface area (Å²) in [4.78, 5) is 23.3. The molecule has 2 rings (SSSR count). The highest BCUT2D eigenvalue weighted by Gasteiger charge is 2.13. The predicted octanol–water partition coefficient (Wildman–Crippen LogP) is 3.32. The molecule has 1 aromatic carbocycles. The molecule has 1 amide bonds. The van der Waals surface area contributed by atoms with Gasteiger partial charge in [-0.15, -0.1) is 11.3 Å². The van der Waals surface area contributed by atoms with E-state index in [4.69, 9.17) is 5.11 Å². The molecule has 2 aromatic rings. The molecule has 0 saturated carbocycles. The van der Waals surface area contributed by atoms with E-state index in [9.17, 15) is 9.59 Å². The van der Waals surface area contributed by atoms with Gasteiger partial charge < -0.3 is 10.4 Å². The molecule has 0 aliphatic carbocycles. The van der Waals surface area contributed by atoms with Crippen molar-refractivity contribution in [2.75, 3.05) is 5.32 Å². The number of rotatable bonds is 3. The summed E-state index contributed by atoms with van der Waals surface area (Å²) in [7, 11) is 0. The number of carbonyl (C=O) groups is 2. The predicted molar refractivity (Wildman–Crippen MR) is 75.1 cm³/mol. The van der Waals surface area contributed by atoms with Crippen molar-refractivity contribution in [1.29, 1.82) is 0 Å². The average Bonchev–Trinajstić information content (AvgIpc) is 2.76. The number of hydrogen-bond acceptors (Lipinski definition) is 3. The number of aromatic carboxylic acids is 1. The molecule has 0 spiro atoms. The fourth-order valence-electron chi connectivity index (χ4n) is 1.81. The molecule has 0 atom stereocenters. The molecule has 0 bridgehead atoms. The van der Waals surface area contributed by atoms with Crippen molar-refractivity contribution in [3.63, 3.8) is 0 Å². The van der Waals surface area contributed by atoms with Crippen LogP contribution in [0.2, 0.25) is 0 Å². The Labute approximate surface area is 114 Å². The molecular weight excluding hydrogens is 262 g/mol. The number of benzene rings is 1. The van der Waals surface area contributed by atoms with Crippen LogP contribution in [-0.2, 0) is 0 Å². The molecule has 0 unspecified atom stereocenters. The van der Waals surface area contributed by atoms with E-state index < -0.39 is 5.97 Å². The summed E-state index contributed by atoms with van der Waals surface area (Å²) in [5.41, 5.74) is 2.84. The summed E-state index contributed by atoms with van der Waals surface area (Å²) in [6.07, 6.45) is 0. The van der Waals surface area contributed by atoms with E-state index in [-0.39, 0.29) is 10.8 Å². The zero-order chi connectivity index (χ0) is 14.0. The van der Waals surface area contributed by atoms with Gasteiger partial charge in [-0.05, 0) is 49.2 Å². The minimum absolute atomic E-state index is 0.158. The second kappa shape index (κ2) is 5.24. The number of anilines is 1. The summed E-state index contributed by atoms with van der Waals surface area (Å²) in [5.74, 6) is -1.31. The van der Waals surface area contributed by atoms with Crippen molar-refractivity contribution in [3.05, 3.63) is 51.2 Å². The van der Waals surface area contributed by atoms with E-state index in [1.54, 1.807) is 0 Å². The fraction of sp³-hybridized carbons (Fsp3) is 0.143. The summed E-state index contributed by atoms with van der Waals surface area (Å²) in [5, 5.41) is 11.6. The highest BCUT2D eigenvalue weighted by atomic mass is 32.1. The first kappa shape index (κ1) is 13.3. The molecule has 2 N–H and O–H groups in total. The molecular formula is C14H13NO3S. The molecule has 1 heterocycles. The smallest absolute Gasteiger partial charge is 0.345 e. The van der Waals surface area contributed by atoms with Crippen molar-refractivity contribution in [1.82, 2.24) is 0 Å². The standard InChI is InChI=1S/C14H13NO3S/c1-8-5-9(2)7-10(6-8)15-13(16)11-3-4-12(19-11)14(17)18/h3-7H,1-2H3,(H,15,16)(H,17,18). The molecule has 4 nitrogen and oxygen atoms in total. The van der Waals surface area contributed by atoms with E-state index >= 15 is 0 Å². The molecule has 98 valence electrons. The Morgan fingerprint density at radius 2 is 1.63 bits per heavy atom. The van der Waals surface area contributed by atoms with Crippen LogP contribution in [0.15, 0.2) is 30.3 Å². The van der Waals surface area contributed by atoms with E-state index in [1.807, 2.05) is 32.0 Å². The molecule has 1 aromatic heterocycles. The van der Waals surface area contributed by atoms with Crippen LogP contribution < -0.4 is 5.32 Å². The van der Waals surface area contributed by atoms with Crippen LogP contribution in [0.1, 0.15) is 30.5 Å². The Kier molecular flexibility index (Phi) is 3.66. The molecule has 19 heavy (non-hydrogen) atoms. The number of thiophene rings is 1. The maximum atomic E-state index is 12.0. The van der Waals surface area contributed by atoms with Crippen LogP contribution >= 0.6 is 11.3 Å². The van der Waals surface area contributed by atoms with Crippen LogP contribution in [-0.4, -0.2) is 17.0 Å². The third-order valence-corrected chi connectivity index (χ3v) is 3.59. The Morgan fingerprint density at radius 3 is 2.16 bits per heavy atom. The fourth-order valence-corrected chi connectivity index (χ4v) is 2.55. The minimum atomic E-state index is -1.02. The maximum absolute atomic E-state index is 12.0. The van der Waals surface area contributed by atoms with Gasteiger partial charge in [0.25, 0.3) is 5.91 Å². The van der Waals surface area contributed by atoms with Gasteiger partial charge in [0.05, 0.1) is 4.88 Å². The van der Waals surface area contributed by atoms with Crippen molar-refractivity contribution in [2.45, 2.75) is 13.8 Å². The molecule has 0 aliphatic rings. The van der Waals surface area contributed by atoms with Crippen LogP contribution in [0.4, 0.5) is 5.69 Å². The first-order valence-corrected chi connectivity index (χ1v) is 6.50. The summed E-state index contributed by atoms with van der Waals surface area (Å²) in [6, 6.07) is 8.71. The van der Waals surface area contributed by atoms with Gasteiger partial charge in [-0.2, -0.15) is 0 Å². The lowest BCUT2D eigenvalue weighted by Gasteiger charge is -2.06. The van der Waals surface area contributed by atoms with Crippen molar-refractivity contribution in [2.24, 2.45) is 0 Å². The maximum Gasteiger partial charge on any atom is 0.345 e. The van der Waals surface area contributed by atoms with Crippen molar-refractivity contribution in [3.8, 4) is 0 Å². The summed E-state index contributed by atoms with van der Waals surface area (Å²) in [6.45, 7) is 3.91. The van der Waals surface area contributed by atoms with Gasteiger partial charge in [0.2, 0.25) is 0 Å². The van der Waals surface area contributed by atoms with Crippen LogP contribution in [0.25, 0.3) is 0 Å². The summed E-state index contributed by atoms with van der Waals surface area (Å²) >= 11 is 0.965. The van der Waals surface area contributed by atoms with E-state index in [2.05, 4.69) is 5.32 Å². The minimum Gasteiger partial charge on any atom is -0.477 e. The second-order valence-corrected chi connectivity index (χ2v) is 5.38. The highest BCUT2D eigenvalue weighted by molar-refractivity contribution is 7.15. The molecule has 0 radical (unpaired) electrons. The van der Waals surface area contributed by atoms with E-state index in [0.717, 1.165) is 22.5 Å². The third-order valence-electron chi connectivity index (χ3n) is 2.52. The monoisotopic (exact) mass is 275 g/mol. The van der Waals surface area contributed by atoms with Gasteiger partial charge in [-0.3, -0.25) is 4.79 Å². The number of amides is 1. The van der Waals surface area contributed by atoms with Gasteiger partial charge in [0.15, 0.2) is 0 Å². The quantitative estimate of drug-likeness (QED) is 0.903. The highest BCUT2D eigenvalue weighted by Crippen LogP contribution is 2.19. The lowest BCUT2D eigenvalue weighted by Crippen LogP contribution is -2.10. The molecule has 5 heteroatoms. The van der Waals surface area contributed by atoms with Crippen LogP contribution in [0, 0.1) is 13.8 Å². The Bertz CT molecular complexity index is 626. The Morgan fingerprint density at radius 1 is 1.05 bits per heavy atom. The van der Waals surface area contributed by atoms with Gasteiger partial charge in [0, 0.05) is 5.69 Å². The van der Waals surface area contributed by atoms with Crippen molar-refractivity contribution < 1.29 is 14.7 Å². The number of carbonyl (C=O) groups excluding carboxylic acids is 1. The molecule has 0 aliphatic heterocycles. The number of nitrogens with one attached hydrogen (secondary N) is 1. The van der Waals surface area contributed by atoms with Gasteiger partial charge >= 0.3 is 5.97 Å². The van der Waals surface area contributed by atoms with Crippen molar-refractivity contribution >= 4 is 28.9 Å². The van der Waals surface area contributed by atoms with E-state index in [0.29, 0.717) is 10.6 Å². The lowest BCUT2D eigenvalue weighted by molar-refractivity contribution is 0.0702. The topological polar surface area (TPSA) is 66.4 Å². The molecule has 0 saturated heterocycles. The SMILES string of the molecule is Cc1cc(C)cc(NC(=O)c2ccc(C(=O)O)s2)c1. The third kappa shape index (κ3) is 3.20. The first-order valence-electron chi connectivity index (χ1n) is 5.68. The van der Waals surface area contributed by atoms with E-state index in [1.165, 1.54) is 12.1 Å². The first-order chi connectivity index (χ1) is 8.95. The molecule has 0 fully saturated rings. The number of carboxylic acids is 1. The zero-order valence-corrected chi connectivity index (χ0v) is 11.4. The number of carboxylic acid groups (broad SMARTS) is 1. The second-order valence-electron chi connectivity index (χ2n) is 4.30. The van der Waals surface area contributed by atoms with Gasteiger partial charge in [-0.1, -0.05) is 6.07 Å². The van der Waals surface area contributed by atoms with Gasteiger partial charge in [-0.25, -0.2) is 4.79 Å². The number of aryl methyl sites for hydroxylation is 2. The zero-order valence-electron chi connectivity index (χ0n) is 10.6. The number of hydrogen-bond donors (Lipinski definition) is 2. The van der Waals surface area contributed by atoms with Crippen LogP contribution in [0.5, 0.6) is 0 Å². The summed E-state index contributed by atoms with van der Waals surface area (Å²) < 4.78 is 0. The van der Waals surface area contributed by atoms with Crippen LogP contribution in [0.3, 0.4) is 0 Å². The lowest BCUT2D eigenvalue weighted by atomic mass is 10.1. The Hall–Kier alpha value is -2.14. The normalized spacial score (nSPS) is 10.2. The Balaban J connectivity index is 2.18. The average molecular weight is 275 g/mol.